The third-order valence-electron chi connectivity index (χ3n) is 4.82. The normalized spacial score (nSPS) is 11.6. The average molecular weight is 486 g/mol. The zero-order valence-electron chi connectivity index (χ0n) is 19.5. The van der Waals surface area contributed by atoms with Crippen LogP contribution in [-0.2, 0) is 9.53 Å². The Morgan fingerprint density at radius 3 is 2.65 bits per heavy atom. The van der Waals surface area contributed by atoms with Gasteiger partial charge in [-0.25, -0.2) is 9.78 Å². The summed E-state index contributed by atoms with van der Waals surface area (Å²) in [6, 6.07) is 6.52. The average Bonchev–Trinajstić information content (AvgIpc) is 3.39. The van der Waals surface area contributed by atoms with Crippen LogP contribution in [0.2, 0.25) is 0 Å². The Morgan fingerprint density at radius 1 is 1.18 bits per heavy atom. The molecule has 0 saturated carbocycles. The summed E-state index contributed by atoms with van der Waals surface area (Å²) in [4.78, 5) is 46.3. The van der Waals surface area contributed by atoms with Gasteiger partial charge in [-0.2, -0.15) is 4.98 Å². The molecule has 1 aromatic carbocycles. The number of nitrogens with one attached hydrogen (secondary N) is 2. The lowest BCUT2D eigenvalue weighted by molar-refractivity contribution is -0.116. The number of hydrogen-bond donors (Lipinski definition) is 2. The van der Waals surface area contributed by atoms with Crippen molar-refractivity contribution in [2.45, 2.75) is 53.0 Å². The Labute approximate surface area is 201 Å². The number of aryl methyl sites for hydroxylation is 2. The summed E-state index contributed by atoms with van der Waals surface area (Å²) in [5.74, 6) is -0.240. The van der Waals surface area contributed by atoms with Crippen molar-refractivity contribution in [3.8, 4) is 11.4 Å². The van der Waals surface area contributed by atoms with Crippen LogP contribution < -0.4 is 10.6 Å². The Balaban J connectivity index is 1.64. The van der Waals surface area contributed by atoms with Crippen molar-refractivity contribution >= 4 is 34.3 Å². The van der Waals surface area contributed by atoms with Crippen molar-refractivity contribution in [2.75, 3.05) is 11.9 Å². The van der Waals surface area contributed by atoms with Crippen molar-refractivity contribution in [3.05, 3.63) is 46.3 Å². The van der Waals surface area contributed by atoms with E-state index < -0.39 is 5.97 Å². The molecule has 1 unspecified atom stereocenters. The van der Waals surface area contributed by atoms with Gasteiger partial charge in [0.1, 0.15) is 4.88 Å². The third-order valence-corrected chi connectivity index (χ3v) is 5.87. The van der Waals surface area contributed by atoms with E-state index in [2.05, 4.69) is 25.8 Å². The molecule has 2 amide bonds. The minimum atomic E-state index is -0.465. The van der Waals surface area contributed by atoms with Crippen LogP contribution in [0.4, 0.5) is 5.13 Å². The molecular weight excluding hydrogens is 458 g/mol. The Hall–Kier alpha value is -3.60. The van der Waals surface area contributed by atoms with Gasteiger partial charge in [0.15, 0.2) is 5.13 Å². The van der Waals surface area contributed by atoms with E-state index in [-0.39, 0.29) is 30.9 Å². The molecule has 11 heteroatoms. The van der Waals surface area contributed by atoms with Crippen LogP contribution >= 0.6 is 11.3 Å². The van der Waals surface area contributed by atoms with Crippen LogP contribution in [0.25, 0.3) is 11.4 Å². The summed E-state index contributed by atoms with van der Waals surface area (Å²) in [5, 5.41) is 9.84. The van der Waals surface area contributed by atoms with Crippen LogP contribution in [0.5, 0.6) is 0 Å². The van der Waals surface area contributed by atoms with Gasteiger partial charge in [-0.15, -0.1) is 0 Å². The number of benzene rings is 1. The van der Waals surface area contributed by atoms with E-state index in [0.29, 0.717) is 45.0 Å². The maximum Gasteiger partial charge on any atom is 0.350 e. The number of anilines is 1. The maximum absolute atomic E-state index is 12.9. The van der Waals surface area contributed by atoms with Crippen molar-refractivity contribution in [1.29, 1.82) is 0 Å². The topological polar surface area (TPSA) is 136 Å². The third kappa shape index (κ3) is 6.47. The highest BCUT2D eigenvalue weighted by Gasteiger charge is 2.21. The first kappa shape index (κ1) is 25.0. The minimum absolute atomic E-state index is 0.0661. The summed E-state index contributed by atoms with van der Waals surface area (Å²) in [7, 11) is 0. The Morgan fingerprint density at radius 2 is 1.97 bits per heavy atom. The summed E-state index contributed by atoms with van der Waals surface area (Å²) < 4.78 is 10.0. The predicted octanol–water partition coefficient (Wildman–Crippen LogP) is 3.91. The smallest absolute Gasteiger partial charge is 0.350 e. The second kappa shape index (κ2) is 11.5. The van der Waals surface area contributed by atoms with Crippen molar-refractivity contribution in [3.63, 3.8) is 0 Å². The molecule has 10 nitrogen and oxygen atoms in total. The van der Waals surface area contributed by atoms with Gasteiger partial charge in [0.25, 0.3) is 5.91 Å². The number of carbonyl (C=O) groups excluding carboxylic acids is 3. The molecule has 3 rings (SSSR count). The van der Waals surface area contributed by atoms with Gasteiger partial charge in [0.2, 0.25) is 17.6 Å². The number of thiazole rings is 1. The first-order valence-electron chi connectivity index (χ1n) is 11.0. The number of carbonyl (C=O) groups is 3. The first-order valence-corrected chi connectivity index (χ1v) is 11.8. The predicted molar refractivity (Wildman–Crippen MR) is 127 cm³/mol. The highest BCUT2D eigenvalue weighted by molar-refractivity contribution is 7.17. The van der Waals surface area contributed by atoms with Gasteiger partial charge in [0.05, 0.1) is 12.3 Å². The second-order valence-electron chi connectivity index (χ2n) is 7.58. The number of aromatic nitrogens is 3. The number of hydrogen-bond acceptors (Lipinski definition) is 9. The molecule has 34 heavy (non-hydrogen) atoms. The lowest BCUT2D eigenvalue weighted by Crippen LogP contribution is -2.37. The molecule has 0 bridgehead atoms. The summed E-state index contributed by atoms with van der Waals surface area (Å²) in [5.41, 5.74) is 1.58. The molecule has 1 atom stereocenters. The van der Waals surface area contributed by atoms with E-state index in [4.69, 9.17) is 9.26 Å². The molecule has 0 fully saturated rings. The molecule has 0 aliphatic carbocycles. The number of ether oxygens (including phenoxy) is 1. The highest BCUT2D eigenvalue weighted by atomic mass is 32.1. The molecule has 0 aliphatic rings. The van der Waals surface area contributed by atoms with Crippen LogP contribution in [0, 0.1) is 13.8 Å². The number of nitrogens with zero attached hydrogens (tertiary/aromatic N) is 3. The number of rotatable bonds is 10. The SMILES string of the molecule is CCCC(CC(=O)Nc1nc(C)c(C(=O)OCC)s1)NC(=O)c1cccc(-c2noc(C)n2)c1. The van der Waals surface area contributed by atoms with E-state index in [0.717, 1.165) is 17.8 Å². The largest absolute Gasteiger partial charge is 0.462 e. The van der Waals surface area contributed by atoms with E-state index in [1.54, 1.807) is 45.0 Å². The van der Waals surface area contributed by atoms with E-state index in [1.807, 2.05) is 6.92 Å². The fourth-order valence-electron chi connectivity index (χ4n) is 3.29. The standard InChI is InChI=1S/C23H27N5O5S/c1-5-8-17(12-18(29)27-23-24-13(3)19(34-23)22(31)32-6-2)26-21(30)16-10-7-9-15(11-16)20-25-14(4)33-28-20/h7,9-11,17H,5-6,8,12H2,1-4H3,(H,26,30)(H,24,27,29). The van der Waals surface area contributed by atoms with Gasteiger partial charge in [0, 0.05) is 30.5 Å². The van der Waals surface area contributed by atoms with Gasteiger partial charge in [-0.1, -0.05) is 42.0 Å². The van der Waals surface area contributed by atoms with Gasteiger partial charge >= 0.3 is 5.97 Å². The van der Waals surface area contributed by atoms with Gasteiger partial charge in [-0.05, 0) is 32.4 Å². The first-order chi connectivity index (χ1) is 16.3. The van der Waals surface area contributed by atoms with Crippen LogP contribution in [-0.4, -0.2) is 45.6 Å². The second-order valence-corrected chi connectivity index (χ2v) is 8.58. The summed E-state index contributed by atoms with van der Waals surface area (Å²) >= 11 is 1.06. The van der Waals surface area contributed by atoms with Gasteiger partial charge < -0.3 is 19.9 Å². The van der Waals surface area contributed by atoms with Crippen molar-refractivity contribution < 1.29 is 23.6 Å². The van der Waals surface area contributed by atoms with E-state index >= 15 is 0 Å². The van der Waals surface area contributed by atoms with Crippen LogP contribution in [0.15, 0.2) is 28.8 Å². The fourth-order valence-corrected chi connectivity index (χ4v) is 4.16. The quantitative estimate of drug-likeness (QED) is 0.413. The summed E-state index contributed by atoms with van der Waals surface area (Å²) in [6.07, 6.45) is 1.47. The zero-order valence-corrected chi connectivity index (χ0v) is 20.3. The minimum Gasteiger partial charge on any atom is -0.462 e. The fraction of sp³-hybridized carbons (Fsp3) is 0.391. The molecule has 180 valence electrons. The molecule has 2 N–H and O–H groups in total. The highest BCUT2D eigenvalue weighted by Crippen LogP contribution is 2.24. The van der Waals surface area contributed by atoms with Crippen LogP contribution in [0.3, 0.4) is 0 Å². The molecule has 2 heterocycles. The molecular formula is C23H27N5O5S. The number of amides is 2. The molecule has 0 radical (unpaired) electrons. The number of esters is 1. The van der Waals surface area contributed by atoms with Crippen LogP contribution in [0.1, 0.15) is 64.7 Å². The monoisotopic (exact) mass is 485 g/mol. The van der Waals surface area contributed by atoms with Crippen molar-refractivity contribution in [2.24, 2.45) is 0 Å². The molecule has 0 spiro atoms. The van der Waals surface area contributed by atoms with E-state index in [1.165, 1.54) is 0 Å². The molecule has 3 aromatic rings. The van der Waals surface area contributed by atoms with E-state index in [9.17, 15) is 14.4 Å². The molecule has 2 aromatic heterocycles. The Bertz CT molecular complexity index is 1170. The Kier molecular flexibility index (Phi) is 8.47. The maximum atomic E-state index is 12.9. The lowest BCUT2D eigenvalue weighted by Gasteiger charge is -2.17. The van der Waals surface area contributed by atoms with Gasteiger partial charge in [-0.3, -0.25) is 9.59 Å². The zero-order chi connectivity index (χ0) is 24.7. The van der Waals surface area contributed by atoms with Crippen molar-refractivity contribution in [1.82, 2.24) is 20.4 Å². The summed E-state index contributed by atoms with van der Waals surface area (Å²) in [6.45, 7) is 7.34. The molecule has 0 aliphatic heterocycles. The molecule has 0 saturated heterocycles. The lowest BCUT2D eigenvalue weighted by atomic mass is 10.1.